The second kappa shape index (κ2) is 6.20. The summed E-state index contributed by atoms with van der Waals surface area (Å²) in [7, 11) is 0. The summed E-state index contributed by atoms with van der Waals surface area (Å²) in [5.41, 5.74) is 1.04. The molecular formula is C17H9F2N3O. The van der Waals surface area contributed by atoms with Crippen molar-refractivity contribution in [2.24, 2.45) is 0 Å². The lowest BCUT2D eigenvalue weighted by molar-refractivity contribution is 0.449. The van der Waals surface area contributed by atoms with Gasteiger partial charge in [-0.15, -0.1) is 10.2 Å². The summed E-state index contributed by atoms with van der Waals surface area (Å²) in [5, 5.41) is 16.8. The van der Waals surface area contributed by atoms with Crippen LogP contribution in [0.1, 0.15) is 5.56 Å². The molecule has 3 aromatic rings. The third-order valence-electron chi connectivity index (χ3n) is 3.08. The van der Waals surface area contributed by atoms with Crippen molar-refractivity contribution >= 4 is 0 Å². The SMILES string of the molecule is N#Cc1c(F)cccc1Oc1ccc(-c2ccc(F)cc2)nn1. The first-order chi connectivity index (χ1) is 11.2. The largest absolute Gasteiger partial charge is 0.436 e. The van der Waals surface area contributed by atoms with E-state index in [4.69, 9.17) is 10.00 Å². The van der Waals surface area contributed by atoms with E-state index in [1.54, 1.807) is 24.3 Å². The number of benzene rings is 2. The second-order valence-electron chi connectivity index (χ2n) is 4.59. The van der Waals surface area contributed by atoms with Gasteiger partial charge in [0, 0.05) is 11.6 Å². The van der Waals surface area contributed by atoms with Crippen LogP contribution in [0, 0.1) is 23.0 Å². The lowest BCUT2D eigenvalue weighted by Gasteiger charge is -2.07. The van der Waals surface area contributed by atoms with Gasteiger partial charge >= 0.3 is 0 Å². The molecule has 0 N–H and O–H groups in total. The van der Waals surface area contributed by atoms with Crippen LogP contribution in [0.2, 0.25) is 0 Å². The van der Waals surface area contributed by atoms with Gasteiger partial charge < -0.3 is 4.74 Å². The van der Waals surface area contributed by atoms with Crippen molar-refractivity contribution < 1.29 is 13.5 Å². The van der Waals surface area contributed by atoms with E-state index >= 15 is 0 Å². The van der Waals surface area contributed by atoms with Gasteiger partial charge in [-0.1, -0.05) is 6.07 Å². The molecule has 0 aliphatic rings. The van der Waals surface area contributed by atoms with Crippen LogP contribution in [-0.4, -0.2) is 10.2 Å². The summed E-state index contributed by atoms with van der Waals surface area (Å²) in [6.45, 7) is 0. The number of rotatable bonds is 3. The van der Waals surface area contributed by atoms with E-state index in [2.05, 4.69) is 10.2 Å². The summed E-state index contributed by atoms with van der Waals surface area (Å²) in [6, 6.07) is 14.8. The van der Waals surface area contributed by atoms with E-state index in [9.17, 15) is 8.78 Å². The normalized spacial score (nSPS) is 10.1. The van der Waals surface area contributed by atoms with Crippen LogP contribution in [0.4, 0.5) is 8.78 Å². The Balaban J connectivity index is 1.85. The van der Waals surface area contributed by atoms with E-state index in [0.717, 1.165) is 0 Å². The summed E-state index contributed by atoms with van der Waals surface area (Å²) < 4.78 is 31.8. The minimum atomic E-state index is -0.666. The highest BCUT2D eigenvalue weighted by atomic mass is 19.1. The number of halogens is 2. The Morgan fingerprint density at radius 2 is 1.70 bits per heavy atom. The molecule has 6 heteroatoms. The molecule has 4 nitrogen and oxygen atoms in total. The van der Waals surface area contributed by atoms with Crippen LogP contribution < -0.4 is 4.74 Å². The van der Waals surface area contributed by atoms with Crippen LogP contribution >= 0.6 is 0 Å². The molecule has 0 fully saturated rings. The maximum absolute atomic E-state index is 13.5. The van der Waals surface area contributed by atoms with Crippen molar-refractivity contribution in [3.8, 4) is 29.0 Å². The summed E-state index contributed by atoms with van der Waals surface area (Å²) in [4.78, 5) is 0. The third-order valence-corrected chi connectivity index (χ3v) is 3.08. The van der Waals surface area contributed by atoms with Gasteiger partial charge in [0.2, 0.25) is 5.88 Å². The van der Waals surface area contributed by atoms with Crippen molar-refractivity contribution in [2.45, 2.75) is 0 Å². The Bertz CT molecular complexity index is 872. The van der Waals surface area contributed by atoms with E-state index in [-0.39, 0.29) is 23.0 Å². The van der Waals surface area contributed by atoms with Gasteiger partial charge in [-0.25, -0.2) is 8.78 Å². The van der Waals surface area contributed by atoms with Crippen LogP contribution in [0.5, 0.6) is 11.6 Å². The Morgan fingerprint density at radius 1 is 0.913 bits per heavy atom. The zero-order valence-corrected chi connectivity index (χ0v) is 11.7. The highest BCUT2D eigenvalue weighted by Gasteiger charge is 2.11. The average Bonchev–Trinajstić information content (AvgIpc) is 2.57. The number of nitrogens with zero attached hydrogens (tertiary/aromatic N) is 3. The molecule has 0 aliphatic carbocycles. The monoisotopic (exact) mass is 309 g/mol. The van der Waals surface area contributed by atoms with Gasteiger partial charge in [0.05, 0.1) is 5.69 Å². The molecule has 0 saturated carbocycles. The Morgan fingerprint density at radius 3 is 2.35 bits per heavy atom. The first-order valence-corrected chi connectivity index (χ1v) is 6.63. The smallest absolute Gasteiger partial charge is 0.238 e. The molecule has 112 valence electrons. The standard InChI is InChI=1S/C17H9F2N3O/c18-12-6-4-11(5-7-12)15-8-9-17(22-21-15)23-16-3-1-2-14(19)13(16)10-20/h1-9H. The number of hydrogen-bond acceptors (Lipinski definition) is 4. The lowest BCUT2D eigenvalue weighted by Crippen LogP contribution is -1.95. The van der Waals surface area contributed by atoms with Crippen molar-refractivity contribution in [3.63, 3.8) is 0 Å². The molecule has 0 bridgehead atoms. The maximum Gasteiger partial charge on any atom is 0.238 e. The summed E-state index contributed by atoms with van der Waals surface area (Å²) in [6.07, 6.45) is 0. The van der Waals surface area contributed by atoms with Crippen molar-refractivity contribution in [1.29, 1.82) is 5.26 Å². The number of ether oxygens (including phenoxy) is 1. The van der Waals surface area contributed by atoms with Crippen molar-refractivity contribution in [1.82, 2.24) is 10.2 Å². The molecular weight excluding hydrogens is 300 g/mol. The molecule has 1 heterocycles. The molecule has 0 spiro atoms. The van der Waals surface area contributed by atoms with Crippen LogP contribution in [-0.2, 0) is 0 Å². The Labute approximate surface area is 130 Å². The zero-order chi connectivity index (χ0) is 16.2. The summed E-state index contributed by atoms with van der Waals surface area (Å²) in [5.74, 6) is -0.813. The first kappa shape index (κ1) is 14.6. The summed E-state index contributed by atoms with van der Waals surface area (Å²) >= 11 is 0. The fourth-order valence-electron chi connectivity index (χ4n) is 1.96. The molecule has 3 rings (SSSR count). The third kappa shape index (κ3) is 3.14. The zero-order valence-electron chi connectivity index (χ0n) is 11.7. The van der Waals surface area contributed by atoms with Crippen LogP contribution in [0.15, 0.2) is 54.6 Å². The molecule has 0 amide bonds. The molecule has 0 atom stereocenters. The molecule has 0 radical (unpaired) electrons. The molecule has 1 aromatic heterocycles. The minimum absolute atomic E-state index is 0.0660. The molecule has 2 aromatic carbocycles. The topological polar surface area (TPSA) is 58.8 Å². The van der Waals surface area contributed by atoms with Gasteiger partial charge in [-0.05, 0) is 42.5 Å². The van der Waals surface area contributed by atoms with Crippen LogP contribution in [0.25, 0.3) is 11.3 Å². The fourth-order valence-corrected chi connectivity index (χ4v) is 1.96. The molecule has 0 saturated heterocycles. The predicted molar refractivity (Wildman–Crippen MR) is 78.6 cm³/mol. The molecule has 0 unspecified atom stereocenters. The van der Waals surface area contributed by atoms with Crippen molar-refractivity contribution in [2.75, 3.05) is 0 Å². The lowest BCUT2D eigenvalue weighted by atomic mass is 10.1. The maximum atomic E-state index is 13.5. The van der Waals surface area contributed by atoms with Gasteiger partial charge in [0.15, 0.2) is 0 Å². The van der Waals surface area contributed by atoms with Gasteiger partial charge in [0.25, 0.3) is 0 Å². The van der Waals surface area contributed by atoms with Gasteiger partial charge in [-0.3, -0.25) is 0 Å². The predicted octanol–water partition coefficient (Wildman–Crippen LogP) is 4.09. The highest BCUT2D eigenvalue weighted by molar-refractivity contribution is 5.58. The quantitative estimate of drug-likeness (QED) is 0.731. The van der Waals surface area contributed by atoms with Gasteiger partial charge in [-0.2, -0.15) is 5.26 Å². The number of aromatic nitrogens is 2. The van der Waals surface area contributed by atoms with E-state index in [0.29, 0.717) is 11.3 Å². The Hall–Kier alpha value is -3.33. The van der Waals surface area contributed by atoms with E-state index in [1.165, 1.54) is 36.4 Å². The number of nitriles is 1. The van der Waals surface area contributed by atoms with Gasteiger partial charge in [0.1, 0.15) is 29.0 Å². The minimum Gasteiger partial charge on any atom is -0.436 e. The Kier molecular flexibility index (Phi) is 3.93. The van der Waals surface area contributed by atoms with E-state index in [1.807, 2.05) is 0 Å². The van der Waals surface area contributed by atoms with Crippen LogP contribution in [0.3, 0.4) is 0 Å². The van der Waals surface area contributed by atoms with E-state index < -0.39 is 5.82 Å². The molecule has 23 heavy (non-hydrogen) atoms. The average molecular weight is 309 g/mol. The highest BCUT2D eigenvalue weighted by Crippen LogP contribution is 2.26. The fraction of sp³-hybridized carbons (Fsp3) is 0. The van der Waals surface area contributed by atoms with Crippen molar-refractivity contribution in [3.05, 3.63) is 71.8 Å². The number of hydrogen-bond donors (Lipinski definition) is 0. The molecule has 0 aliphatic heterocycles. The first-order valence-electron chi connectivity index (χ1n) is 6.63. The second-order valence-corrected chi connectivity index (χ2v) is 4.59.